The first-order valence-corrected chi connectivity index (χ1v) is 3.69. The molecule has 0 radical (unpaired) electrons. The largest absolute Gasteiger partial charge is 0.359 e. The minimum absolute atomic E-state index is 0.473. The monoisotopic (exact) mass is 161 g/mol. The molecular weight excluding hydrogens is 150 g/mol. The molecule has 3 nitrogen and oxygen atoms in total. The van der Waals surface area contributed by atoms with Gasteiger partial charge in [-0.25, -0.2) is 4.98 Å². The Balaban J connectivity index is 2.76. The fraction of sp³-hybridized carbons (Fsp3) is 0.222. The van der Waals surface area contributed by atoms with E-state index in [9.17, 15) is 0 Å². The maximum atomic E-state index is 5.49. The highest BCUT2D eigenvalue weighted by Crippen LogP contribution is 2.08. The SMILES string of the molecule is C#CCNc1ncccc1CN. The van der Waals surface area contributed by atoms with Crippen molar-refractivity contribution in [2.75, 3.05) is 11.9 Å². The molecule has 0 saturated heterocycles. The second-order valence-corrected chi connectivity index (χ2v) is 2.27. The second kappa shape index (κ2) is 4.37. The molecule has 0 amide bonds. The first kappa shape index (κ1) is 8.57. The van der Waals surface area contributed by atoms with Gasteiger partial charge in [-0.15, -0.1) is 6.42 Å². The van der Waals surface area contributed by atoms with Crippen LogP contribution in [0.2, 0.25) is 0 Å². The molecule has 0 unspecified atom stereocenters. The first-order valence-electron chi connectivity index (χ1n) is 3.69. The summed E-state index contributed by atoms with van der Waals surface area (Å²) in [5.41, 5.74) is 6.47. The summed E-state index contributed by atoms with van der Waals surface area (Å²) < 4.78 is 0. The van der Waals surface area contributed by atoms with E-state index in [1.54, 1.807) is 6.20 Å². The predicted molar refractivity (Wildman–Crippen MR) is 49.5 cm³/mol. The molecule has 1 rings (SSSR count). The number of aromatic nitrogens is 1. The van der Waals surface area contributed by atoms with Gasteiger partial charge in [-0.2, -0.15) is 0 Å². The summed E-state index contributed by atoms with van der Waals surface area (Å²) in [6.07, 6.45) is 6.80. The van der Waals surface area contributed by atoms with Crippen LogP contribution < -0.4 is 11.1 Å². The summed E-state index contributed by atoms with van der Waals surface area (Å²) in [6.45, 7) is 0.949. The number of nitrogens with one attached hydrogen (secondary N) is 1. The van der Waals surface area contributed by atoms with Crippen LogP contribution in [-0.2, 0) is 6.54 Å². The van der Waals surface area contributed by atoms with Gasteiger partial charge in [-0.05, 0) is 6.07 Å². The van der Waals surface area contributed by atoms with Crippen molar-refractivity contribution in [1.82, 2.24) is 4.98 Å². The van der Waals surface area contributed by atoms with Crippen molar-refractivity contribution in [2.24, 2.45) is 5.73 Å². The van der Waals surface area contributed by atoms with Crippen molar-refractivity contribution in [3.8, 4) is 12.3 Å². The minimum Gasteiger partial charge on any atom is -0.359 e. The molecule has 0 fully saturated rings. The van der Waals surface area contributed by atoms with E-state index in [1.165, 1.54) is 0 Å². The van der Waals surface area contributed by atoms with Crippen LogP contribution in [0.1, 0.15) is 5.56 Å². The highest BCUT2D eigenvalue weighted by molar-refractivity contribution is 5.44. The molecule has 0 aliphatic heterocycles. The zero-order valence-corrected chi connectivity index (χ0v) is 6.75. The number of anilines is 1. The summed E-state index contributed by atoms with van der Waals surface area (Å²) in [5, 5.41) is 2.99. The minimum atomic E-state index is 0.473. The van der Waals surface area contributed by atoms with E-state index in [0.717, 1.165) is 11.4 Å². The molecule has 0 aliphatic rings. The highest BCUT2D eigenvalue weighted by atomic mass is 15.0. The number of hydrogen-bond donors (Lipinski definition) is 2. The van der Waals surface area contributed by atoms with Crippen LogP contribution in [0.5, 0.6) is 0 Å². The molecule has 12 heavy (non-hydrogen) atoms. The number of pyridine rings is 1. The molecule has 0 aliphatic carbocycles. The smallest absolute Gasteiger partial charge is 0.131 e. The molecule has 0 bridgehead atoms. The van der Waals surface area contributed by atoms with Crippen molar-refractivity contribution >= 4 is 5.82 Å². The molecule has 0 saturated carbocycles. The molecule has 1 heterocycles. The maximum absolute atomic E-state index is 5.49. The van der Waals surface area contributed by atoms with Gasteiger partial charge >= 0.3 is 0 Å². The Bertz CT molecular complexity index is 288. The first-order chi connectivity index (χ1) is 5.88. The quantitative estimate of drug-likeness (QED) is 0.638. The lowest BCUT2D eigenvalue weighted by molar-refractivity contribution is 1.04. The van der Waals surface area contributed by atoms with Gasteiger partial charge in [0.25, 0.3) is 0 Å². The lowest BCUT2D eigenvalue weighted by Gasteiger charge is -2.05. The van der Waals surface area contributed by atoms with Crippen LogP contribution in [-0.4, -0.2) is 11.5 Å². The Hall–Kier alpha value is -1.53. The summed E-state index contributed by atoms with van der Waals surface area (Å²) >= 11 is 0. The summed E-state index contributed by atoms with van der Waals surface area (Å²) in [5.74, 6) is 3.25. The fourth-order valence-corrected chi connectivity index (χ4v) is 0.897. The Morgan fingerprint density at radius 1 is 1.67 bits per heavy atom. The third kappa shape index (κ3) is 1.97. The molecule has 62 valence electrons. The van der Waals surface area contributed by atoms with Crippen molar-refractivity contribution < 1.29 is 0 Å². The van der Waals surface area contributed by atoms with Gasteiger partial charge < -0.3 is 11.1 Å². The summed E-state index contributed by atoms with van der Waals surface area (Å²) in [7, 11) is 0. The van der Waals surface area contributed by atoms with E-state index in [4.69, 9.17) is 12.2 Å². The molecular formula is C9H11N3. The third-order valence-corrected chi connectivity index (χ3v) is 1.47. The zero-order valence-electron chi connectivity index (χ0n) is 6.75. The van der Waals surface area contributed by atoms with Gasteiger partial charge in [0.15, 0.2) is 0 Å². The number of nitrogens with zero attached hydrogens (tertiary/aromatic N) is 1. The lowest BCUT2D eigenvalue weighted by atomic mass is 10.2. The van der Waals surface area contributed by atoms with Gasteiger partial charge in [-0.1, -0.05) is 12.0 Å². The third-order valence-electron chi connectivity index (χ3n) is 1.47. The topological polar surface area (TPSA) is 50.9 Å². The standard InChI is InChI=1S/C9H11N3/c1-2-5-11-9-8(7-10)4-3-6-12-9/h1,3-4,6H,5,7,10H2,(H,11,12). The molecule has 3 heteroatoms. The van der Waals surface area contributed by atoms with Gasteiger partial charge in [-0.3, -0.25) is 0 Å². The number of nitrogens with two attached hydrogens (primary N) is 1. The van der Waals surface area contributed by atoms with Crippen molar-refractivity contribution in [2.45, 2.75) is 6.54 Å². The average molecular weight is 161 g/mol. The number of hydrogen-bond acceptors (Lipinski definition) is 3. The zero-order chi connectivity index (χ0) is 8.81. The van der Waals surface area contributed by atoms with Crippen LogP contribution in [0.15, 0.2) is 18.3 Å². The Labute approximate surface area is 72.0 Å². The van der Waals surface area contributed by atoms with Crippen molar-refractivity contribution in [1.29, 1.82) is 0 Å². The van der Waals surface area contributed by atoms with Gasteiger partial charge in [0.1, 0.15) is 5.82 Å². The van der Waals surface area contributed by atoms with E-state index in [0.29, 0.717) is 13.1 Å². The van der Waals surface area contributed by atoms with Crippen LogP contribution >= 0.6 is 0 Å². The molecule has 0 spiro atoms. The Kier molecular flexibility index (Phi) is 3.12. The van der Waals surface area contributed by atoms with Crippen LogP contribution in [0.3, 0.4) is 0 Å². The lowest BCUT2D eigenvalue weighted by Crippen LogP contribution is -2.07. The van der Waals surface area contributed by atoms with Gasteiger partial charge in [0.05, 0.1) is 6.54 Å². The van der Waals surface area contributed by atoms with E-state index in [1.807, 2.05) is 12.1 Å². The average Bonchev–Trinajstić information content (AvgIpc) is 2.15. The fourth-order valence-electron chi connectivity index (χ4n) is 0.897. The van der Waals surface area contributed by atoms with Crippen LogP contribution in [0, 0.1) is 12.3 Å². The highest BCUT2D eigenvalue weighted by Gasteiger charge is 1.97. The van der Waals surface area contributed by atoms with E-state index >= 15 is 0 Å². The second-order valence-electron chi connectivity index (χ2n) is 2.27. The van der Waals surface area contributed by atoms with E-state index in [-0.39, 0.29) is 0 Å². The molecule has 1 aromatic heterocycles. The Morgan fingerprint density at radius 2 is 2.50 bits per heavy atom. The van der Waals surface area contributed by atoms with E-state index < -0.39 is 0 Å². The van der Waals surface area contributed by atoms with Crippen molar-refractivity contribution in [3.63, 3.8) is 0 Å². The van der Waals surface area contributed by atoms with E-state index in [2.05, 4.69) is 16.2 Å². The normalized spacial score (nSPS) is 9.00. The predicted octanol–water partition coefficient (Wildman–Crippen LogP) is 0.585. The van der Waals surface area contributed by atoms with Gasteiger partial charge in [0, 0.05) is 18.3 Å². The van der Waals surface area contributed by atoms with Gasteiger partial charge in [0.2, 0.25) is 0 Å². The molecule has 0 atom stereocenters. The number of terminal acetylenes is 1. The molecule has 0 aromatic carbocycles. The molecule has 3 N–H and O–H groups in total. The summed E-state index contributed by atoms with van der Waals surface area (Å²) in [6, 6.07) is 3.77. The van der Waals surface area contributed by atoms with Crippen molar-refractivity contribution in [3.05, 3.63) is 23.9 Å². The molecule has 1 aromatic rings. The van der Waals surface area contributed by atoms with Crippen LogP contribution in [0.25, 0.3) is 0 Å². The number of rotatable bonds is 3. The Morgan fingerprint density at radius 3 is 3.17 bits per heavy atom. The maximum Gasteiger partial charge on any atom is 0.131 e. The van der Waals surface area contributed by atoms with Crippen LogP contribution in [0.4, 0.5) is 5.82 Å². The summed E-state index contributed by atoms with van der Waals surface area (Å²) in [4.78, 5) is 4.10.